The van der Waals surface area contributed by atoms with Gasteiger partial charge in [-0.05, 0) is 18.4 Å². The van der Waals surface area contributed by atoms with E-state index in [0.29, 0.717) is 18.0 Å². The lowest BCUT2D eigenvalue weighted by atomic mass is 10.2. The van der Waals surface area contributed by atoms with Crippen LogP contribution in [0.3, 0.4) is 0 Å². The highest BCUT2D eigenvalue weighted by Crippen LogP contribution is 2.11. The zero-order chi connectivity index (χ0) is 16.1. The lowest BCUT2D eigenvalue weighted by molar-refractivity contribution is -0.148. The molecule has 2 N–H and O–H groups in total. The van der Waals surface area contributed by atoms with Crippen molar-refractivity contribution in [2.24, 2.45) is 0 Å². The van der Waals surface area contributed by atoms with Crippen molar-refractivity contribution in [3.8, 4) is 0 Å². The van der Waals surface area contributed by atoms with Crippen molar-refractivity contribution in [1.29, 1.82) is 0 Å². The van der Waals surface area contributed by atoms with Gasteiger partial charge in [0.15, 0.2) is 0 Å². The van der Waals surface area contributed by atoms with Crippen LogP contribution < -0.4 is 5.32 Å². The predicted octanol–water partition coefficient (Wildman–Crippen LogP) is 0.569. The Kier molecular flexibility index (Phi) is 5.51. The number of carbonyl (C=O) groups is 3. The number of ether oxygens (including phenoxy) is 1. The van der Waals surface area contributed by atoms with Crippen LogP contribution in [-0.4, -0.2) is 59.6 Å². The Hall–Kier alpha value is -1.93. The Labute approximate surface area is 131 Å². The maximum absolute atomic E-state index is 12.3. The first kappa shape index (κ1) is 16.4. The summed E-state index contributed by atoms with van der Waals surface area (Å²) in [6.07, 6.45) is -0.643. The van der Waals surface area contributed by atoms with Gasteiger partial charge in [0.2, 0.25) is 5.91 Å². The fourth-order valence-corrected chi connectivity index (χ4v) is 2.88. The van der Waals surface area contributed by atoms with E-state index in [0.717, 1.165) is 0 Å². The number of morpholine rings is 1. The fourth-order valence-electron chi connectivity index (χ4n) is 2.25. The minimum Gasteiger partial charge on any atom is -0.481 e. The molecule has 2 amide bonds. The minimum atomic E-state index is -0.960. The second-order valence-electron chi connectivity index (χ2n) is 5.05. The van der Waals surface area contributed by atoms with Crippen molar-refractivity contribution in [2.45, 2.75) is 25.5 Å². The van der Waals surface area contributed by atoms with Crippen LogP contribution >= 0.6 is 11.3 Å². The Morgan fingerprint density at radius 1 is 1.55 bits per heavy atom. The normalized spacial score (nSPS) is 19.5. The summed E-state index contributed by atoms with van der Waals surface area (Å²) < 4.78 is 5.33. The molecule has 1 aliphatic rings. The number of aliphatic carboxylic acids is 1. The molecule has 0 bridgehead atoms. The Morgan fingerprint density at radius 3 is 2.95 bits per heavy atom. The van der Waals surface area contributed by atoms with Gasteiger partial charge in [0.1, 0.15) is 6.04 Å². The summed E-state index contributed by atoms with van der Waals surface area (Å²) in [5.41, 5.74) is 0. The SMILES string of the molecule is CC(NC(=O)c1cccs1)C(=O)N1CCOC(CC(=O)O)C1. The van der Waals surface area contributed by atoms with Crippen LogP contribution in [0.1, 0.15) is 23.0 Å². The summed E-state index contributed by atoms with van der Waals surface area (Å²) in [7, 11) is 0. The fraction of sp³-hybridized carbons (Fsp3) is 0.500. The molecule has 22 heavy (non-hydrogen) atoms. The maximum atomic E-state index is 12.3. The van der Waals surface area contributed by atoms with Crippen LogP contribution in [0.25, 0.3) is 0 Å². The molecular formula is C14H18N2O5S. The Morgan fingerprint density at radius 2 is 2.32 bits per heavy atom. The van der Waals surface area contributed by atoms with E-state index in [2.05, 4.69) is 5.32 Å². The second-order valence-corrected chi connectivity index (χ2v) is 6.00. The standard InChI is InChI=1S/C14H18N2O5S/c1-9(15-13(19)11-3-2-6-22-11)14(20)16-4-5-21-10(8-16)7-12(17)18/h2-3,6,9-10H,4-5,7-8H2,1H3,(H,15,19)(H,17,18). The average Bonchev–Trinajstić information content (AvgIpc) is 3.00. The van der Waals surface area contributed by atoms with Gasteiger partial charge in [-0.25, -0.2) is 0 Å². The Bertz CT molecular complexity index is 545. The van der Waals surface area contributed by atoms with Crippen molar-refractivity contribution in [3.05, 3.63) is 22.4 Å². The van der Waals surface area contributed by atoms with Crippen molar-refractivity contribution in [1.82, 2.24) is 10.2 Å². The van der Waals surface area contributed by atoms with E-state index in [9.17, 15) is 14.4 Å². The lowest BCUT2D eigenvalue weighted by Gasteiger charge is -2.34. The number of carboxylic acids is 1. The van der Waals surface area contributed by atoms with E-state index in [1.165, 1.54) is 16.2 Å². The largest absolute Gasteiger partial charge is 0.481 e. The number of rotatable bonds is 5. The van der Waals surface area contributed by atoms with Crippen LogP contribution in [0.4, 0.5) is 0 Å². The maximum Gasteiger partial charge on any atom is 0.306 e. The number of nitrogens with zero attached hydrogens (tertiary/aromatic N) is 1. The third-order valence-electron chi connectivity index (χ3n) is 3.32. The van der Waals surface area contributed by atoms with Crippen molar-refractivity contribution >= 4 is 29.1 Å². The predicted molar refractivity (Wildman–Crippen MR) is 79.8 cm³/mol. The number of hydrogen-bond donors (Lipinski definition) is 2. The number of thiophene rings is 1. The van der Waals surface area contributed by atoms with Gasteiger partial charge in [-0.3, -0.25) is 14.4 Å². The molecule has 0 spiro atoms. The number of hydrogen-bond acceptors (Lipinski definition) is 5. The van der Waals surface area contributed by atoms with Gasteiger partial charge in [-0.2, -0.15) is 0 Å². The minimum absolute atomic E-state index is 0.139. The molecular weight excluding hydrogens is 308 g/mol. The molecule has 0 saturated carbocycles. The quantitative estimate of drug-likeness (QED) is 0.825. The summed E-state index contributed by atoms with van der Waals surface area (Å²) in [6.45, 7) is 2.54. The van der Waals surface area contributed by atoms with Crippen LogP contribution in [0.2, 0.25) is 0 Å². The van der Waals surface area contributed by atoms with Crippen molar-refractivity contribution in [2.75, 3.05) is 19.7 Å². The number of carboxylic acid groups (broad SMARTS) is 1. The van der Waals surface area contributed by atoms with Gasteiger partial charge in [0, 0.05) is 13.1 Å². The molecule has 1 aromatic rings. The highest BCUT2D eigenvalue weighted by atomic mass is 32.1. The van der Waals surface area contributed by atoms with Crippen LogP contribution in [0.15, 0.2) is 17.5 Å². The van der Waals surface area contributed by atoms with Crippen LogP contribution in [0, 0.1) is 0 Å². The topological polar surface area (TPSA) is 95.9 Å². The molecule has 1 saturated heterocycles. The first-order valence-electron chi connectivity index (χ1n) is 6.94. The summed E-state index contributed by atoms with van der Waals surface area (Å²) >= 11 is 1.31. The number of nitrogens with one attached hydrogen (secondary N) is 1. The third-order valence-corrected chi connectivity index (χ3v) is 4.18. The monoisotopic (exact) mass is 326 g/mol. The van der Waals surface area contributed by atoms with Gasteiger partial charge in [0.05, 0.1) is 24.0 Å². The van der Waals surface area contributed by atoms with Gasteiger partial charge in [-0.15, -0.1) is 11.3 Å². The van der Waals surface area contributed by atoms with Crippen LogP contribution in [-0.2, 0) is 14.3 Å². The molecule has 0 aliphatic carbocycles. The molecule has 2 rings (SSSR count). The summed E-state index contributed by atoms with van der Waals surface area (Å²) in [5.74, 6) is -1.48. The lowest BCUT2D eigenvalue weighted by Crippen LogP contribution is -2.53. The van der Waals surface area contributed by atoms with Gasteiger partial charge >= 0.3 is 5.97 Å². The summed E-state index contributed by atoms with van der Waals surface area (Å²) in [5, 5.41) is 13.2. The molecule has 0 aromatic carbocycles. The third kappa shape index (κ3) is 4.28. The molecule has 1 fully saturated rings. The molecule has 1 aromatic heterocycles. The van der Waals surface area contributed by atoms with E-state index in [1.807, 2.05) is 0 Å². The molecule has 8 heteroatoms. The summed E-state index contributed by atoms with van der Waals surface area (Å²) in [4.78, 5) is 37.1. The molecule has 1 aliphatic heterocycles. The van der Waals surface area contributed by atoms with Crippen molar-refractivity contribution < 1.29 is 24.2 Å². The zero-order valence-electron chi connectivity index (χ0n) is 12.2. The van der Waals surface area contributed by atoms with Gasteiger partial charge < -0.3 is 20.1 Å². The summed E-state index contributed by atoms with van der Waals surface area (Å²) in [6, 6.07) is 2.79. The number of amides is 2. The molecule has 2 atom stereocenters. The molecule has 0 radical (unpaired) electrons. The zero-order valence-corrected chi connectivity index (χ0v) is 13.0. The number of carbonyl (C=O) groups excluding carboxylic acids is 2. The highest BCUT2D eigenvalue weighted by molar-refractivity contribution is 7.12. The Balaban J connectivity index is 1.89. The smallest absolute Gasteiger partial charge is 0.306 e. The molecule has 120 valence electrons. The average molecular weight is 326 g/mol. The van der Waals surface area contributed by atoms with E-state index in [1.54, 1.807) is 24.4 Å². The molecule has 2 unspecified atom stereocenters. The molecule has 7 nitrogen and oxygen atoms in total. The van der Waals surface area contributed by atoms with E-state index in [4.69, 9.17) is 9.84 Å². The highest BCUT2D eigenvalue weighted by Gasteiger charge is 2.29. The van der Waals surface area contributed by atoms with E-state index < -0.39 is 18.1 Å². The van der Waals surface area contributed by atoms with Crippen molar-refractivity contribution in [3.63, 3.8) is 0 Å². The van der Waals surface area contributed by atoms with Crippen LogP contribution in [0.5, 0.6) is 0 Å². The first-order chi connectivity index (χ1) is 10.5. The first-order valence-corrected chi connectivity index (χ1v) is 7.82. The second kappa shape index (κ2) is 7.37. The van der Waals surface area contributed by atoms with Gasteiger partial charge in [-0.1, -0.05) is 6.07 Å². The van der Waals surface area contributed by atoms with E-state index in [-0.39, 0.29) is 24.8 Å². The van der Waals surface area contributed by atoms with Gasteiger partial charge in [0.25, 0.3) is 5.91 Å². The van der Waals surface area contributed by atoms with E-state index >= 15 is 0 Å². The molecule has 2 heterocycles.